The van der Waals surface area contributed by atoms with Gasteiger partial charge in [0.1, 0.15) is 5.69 Å². The van der Waals surface area contributed by atoms with Gasteiger partial charge in [0.2, 0.25) is 6.79 Å². The zero-order valence-electron chi connectivity index (χ0n) is 7.53. The van der Waals surface area contributed by atoms with Crippen molar-refractivity contribution >= 4 is 15.9 Å². The van der Waals surface area contributed by atoms with Crippen molar-refractivity contribution in [2.24, 2.45) is 0 Å². The van der Waals surface area contributed by atoms with Crippen LogP contribution in [0, 0.1) is 0 Å². The predicted octanol–water partition coefficient (Wildman–Crippen LogP) is 1.96. The number of hydrogen-bond acceptors (Lipinski definition) is 4. The average Bonchev–Trinajstić information content (AvgIpc) is 2.85. The summed E-state index contributed by atoms with van der Waals surface area (Å²) in [5.74, 6) is 1.48. The van der Waals surface area contributed by atoms with Crippen molar-refractivity contribution in [2.75, 3.05) is 6.79 Å². The van der Waals surface area contributed by atoms with Gasteiger partial charge in [0, 0.05) is 10.0 Å². The highest BCUT2D eigenvalue weighted by Crippen LogP contribution is 2.40. The van der Waals surface area contributed by atoms with Crippen LogP contribution in [0.2, 0.25) is 0 Å². The van der Waals surface area contributed by atoms with E-state index in [1.165, 1.54) is 0 Å². The summed E-state index contributed by atoms with van der Waals surface area (Å²) in [5.41, 5.74) is 1.69. The maximum atomic E-state index is 5.29. The van der Waals surface area contributed by atoms with E-state index in [0.29, 0.717) is 0 Å². The van der Waals surface area contributed by atoms with Crippen LogP contribution in [-0.2, 0) is 0 Å². The molecule has 1 aliphatic rings. The molecule has 76 valence electrons. The Morgan fingerprint density at radius 1 is 1.27 bits per heavy atom. The molecule has 1 N–H and O–H groups in total. The molecule has 2 heterocycles. The molecule has 0 fully saturated rings. The number of rotatable bonds is 1. The molecular formula is C9H6BrN3O2. The highest BCUT2D eigenvalue weighted by atomic mass is 79.9. The Hall–Kier alpha value is -1.56. The molecule has 15 heavy (non-hydrogen) atoms. The Balaban J connectivity index is 2.17. The van der Waals surface area contributed by atoms with E-state index >= 15 is 0 Å². The zero-order chi connectivity index (χ0) is 10.3. The lowest BCUT2D eigenvalue weighted by Gasteiger charge is -2.02. The highest BCUT2D eigenvalue weighted by molar-refractivity contribution is 9.10. The van der Waals surface area contributed by atoms with Crippen molar-refractivity contribution in [3.63, 3.8) is 0 Å². The van der Waals surface area contributed by atoms with Crippen LogP contribution in [0.3, 0.4) is 0 Å². The number of hydrogen-bond donors (Lipinski definition) is 1. The molecule has 0 spiro atoms. The summed E-state index contributed by atoms with van der Waals surface area (Å²) in [4.78, 5) is 0. The summed E-state index contributed by atoms with van der Waals surface area (Å²) in [5, 5.41) is 10.3. The normalized spacial score (nSPS) is 13.1. The molecule has 0 amide bonds. The van der Waals surface area contributed by atoms with Crippen LogP contribution in [-0.4, -0.2) is 22.2 Å². The fourth-order valence-corrected chi connectivity index (χ4v) is 1.97. The van der Waals surface area contributed by atoms with E-state index in [1.54, 1.807) is 6.20 Å². The van der Waals surface area contributed by atoms with Crippen molar-refractivity contribution in [3.05, 3.63) is 22.8 Å². The molecule has 0 bridgehead atoms. The fourth-order valence-electron chi connectivity index (χ4n) is 1.44. The lowest BCUT2D eigenvalue weighted by atomic mass is 10.1. The van der Waals surface area contributed by atoms with E-state index in [2.05, 4.69) is 31.3 Å². The van der Waals surface area contributed by atoms with E-state index in [4.69, 9.17) is 9.47 Å². The van der Waals surface area contributed by atoms with Crippen molar-refractivity contribution in [1.29, 1.82) is 0 Å². The van der Waals surface area contributed by atoms with Gasteiger partial charge in [0.05, 0.1) is 6.20 Å². The first-order valence-electron chi connectivity index (χ1n) is 4.30. The Morgan fingerprint density at radius 2 is 2.07 bits per heavy atom. The summed E-state index contributed by atoms with van der Waals surface area (Å²) in [6.07, 6.45) is 1.66. The molecule has 2 aromatic rings. The smallest absolute Gasteiger partial charge is 0.231 e. The third-order valence-electron chi connectivity index (χ3n) is 2.15. The van der Waals surface area contributed by atoms with Crippen LogP contribution >= 0.6 is 15.9 Å². The van der Waals surface area contributed by atoms with E-state index in [-0.39, 0.29) is 6.79 Å². The van der Waals surface area contributed by atoms with Gasteiger partial charge in [0.25, 0.3) is 0 Å². The Labute approximate surface area is 93.5 Å². The second kappa shape index (κ2) is 3.23. The van der Waals surface area contributed by atoms with E-state index in [0.717, 1.165) is 27.2 Å². The molecule has 6 heteroatoms. The van der Waals surface area contributed by atoms with Gasteiger partial charge in [-0.1, -0.05) is 0 Å². The number of ether oxygens (including phenoxy) is 2. The molecular weight excluding hydrogens is 262 g/mol. The molecule has 0 saturated carbocycles. The summed E-state index contributed by atoms with van der Waals surface area (Å²) >= 11 is 3.45. The summed E-state index contributed by atoms with van der Waals surface area (Å²) in [6.45, 7) is 0.268. The number of nitrogens with one attached hydrogen (secondary N) is 1. The van der Waals surface area contributed by atoms with Crippen molar-refractivity contribution in [1.82, 2.24) is 15.4 Å². The number of H-pyrrole nitrogens is 1. The minimum absolute atomic E-state index is 0.268. The number of benzene rings is 1. The number of halogens is 1. The molecule has 0 radical (unpaired) electrons. The van der Waals surface area contributed by atoms with Gasteiger partial charge in [-0.05, 0) is 28.1 Å². The molecule has 0 atom stereocenters. The Bertz CT molecular complexity index is 498. The predicted molar refractivity (Wildman–Crippen MR) is 55.6 cm³/mol. The quantitative estimate of drug-likeness (QED) is 0.858. The van der Waals surface area contributed by atoms with Gasteiger partial charge in [-0.25, -0.2) is 0 Å². The molecule has 0 saturated heterocycles. The van der Waals surface area contributed by atoms with Crippen molar-refractivity contribution in [2.45, 2.75) is 0 Å². The summed E-state index contributed by atoms with van der Waals surface area (Å²) in [6, 6.07) is 3.75. The first-order valence-corrected chi connectivity index (χ1v) is 5.09. The van der Waals surface area contributed by atoms with E-state index < -0.39 is 0 Å². The van der Waals surface area contributed by atoms with E-state index in [1.807, 2.05) is 12.1 Å². The largest absolute Gasteiger partial charge is 0.454 e. The maximum Gasteiger partial charge on any atom is 0.231 e. The topological polar surface area (TPSA) is 60.0 Å². The molecule has 1 aromatic carbocycles. The fraction of sp³-hybridized carbons (Fsp3) is 0.111. The second-order valence-electron chi connectivity index (χ2n) is 3.04. The van der Waals surface area contributed by atoms with Gasteiger partial charge >= 0.3 is 0 Å². The number of aromatic nitrogens is 3. The van der Waals surface area contributed by atoms with Crippen LogP contribution in [0.15, 0.2) is 22.8 Å². The van der Waals surface area contributed by atoms with Gasteiger partial charge in [-0.15, -0.1) is 0 Å². The molecule has 0 unspecified atom stereocenters. The summed E-state index contributed by atoms with van der Waals surface area (Å²) in [7, 11) is 0. The molecule has 3 rings (SSSR count). The lowest BCUT2D eigenvalue weighted by Crippen LogP contribution is -1.92. The van der Waals surface area contributed by atoms with Crippen molar-refractivity contribution < 1.29 is 9.47 Å². The van der Waals surface area contributed by atoms with Gasteiger partial charge < -0.3 is 9.47 Å². The average molecular weight is 268 g/mol. The molecule has 5 nitrogen and oxygen atoms in total. The molecule has 1 aliphatic heterocycles. The Morgan fingerprint density at radius 3 is 2.80 bits per heavy atom. The molecule has 0 aliphatic carbocycles. The van der Waals surface area contributed by atoms with Crippen LogP contribution in [0.4, 0.5) is 0 Å². The maximum absolute atomic E-state index is 5.29. The monoisotopic (exact) mass is 267 g/mol. The van der Waals surface area contributed by atoms with Crippen LogP contribution in [0.25, 0.3) is 11.3 Å². The first-order chi connectivity index (χ1) is 7.34. The minimum Gasteiger partial charge on any atom is -0.454 e. The SMILES string of the molecule is Brc1cc2c(cc1-c1cn[nH]n1)OCO2. The van der Waals surface area contributed by atoms with Crippen LogP contribution in [0.5, 0.6) is 11.5 Å². The second-order valence-corrected chi connectivity index (χ2v) is 3.89. The number of nitrogens with zero attached hydrogens (tertiary/aromatic N) is 2. The van der Waals surface area contributed by atoms with Gasteiger partial charge in [0.15, 0.2) is 11.5 Å². The van der Waals surface area contributed by atoms with Crippen LogP contribution < -0.4 is 9.47 Å². The number of aromatic amines is 1. The van der Waals surface area contributed by atoms with Gasteiger partial charge in [-0.3, -0.25) is 0 Å². The zero-order valence-corrected chi connectivity index (χ0v) is 9.11. The third kappa shape index (κ3) is 1.37. The highest BCUT2D eigenvalue weighted by Gasteiger charge is 2.17. The first kappa shape index (κ1) is 8.72. The summed E-state index contributed by atoms with van der Waals surface area (Å²) < 4.78 is 11.4. The van der Waals surface area contributed by atoms with Crippen molar-refractivity contribution in [3.8, 4) is 22.8 Å². The lowest BCUT2D eigenvalue weighted by molar-refractivity contribution is 0.174. The van der Waals surface area contributed by atoms with Crippen LogP contribution in [0.1, 0.15) is 0 Å². The third-order valence-corrected chi connectivity index (χ3v) is 2.81. The minimum atomic E-state index is 0.268. The Kier molecular flexibility index (Phi) is 1.88. The van der Waals surface area contributed by atoms with E-state index in [9.17, 15) is 0 Å². The van der Waals surface area contributed by atoms with Gasteiger partial charge in [-0.2, -0.15) is 15.4 Å². The standard InChI is InChI=1S/C9H6BrN3O2/c10-6-2-9-8(14-4-15-9)1-5(6)7-3-11-13-12-7/h1-3H,4H2,(H,11,12,13). The number of fused-ring (bicyclic) bond motifs is 1. The molecule has 1 aromatic heterocycles.